The Hall–Kier alpha value is -0.0400. The molecular formula is C10H19N. The molecule has 1 heteroatoms. The molecule has 2 atom stereocenters. The second kappa shape index (κ2) is 2.78. The van der Waals surface area contributed by atoms with E-state index in [1.807, 2.05) is 0 Å². The van der Waals surface area contributed by atoms with Crippen molar-refractivity contribution in [3.8, 4) is 0 Å². The number of hydrogen-bond acceptors (Lipinski definition) is 1. The third kappa shape index (κ3) is 1.20. The van der Waals surface area contributed by atoms with Gasteiger partial charge in [-0.15, -0.1) is 0 Å². The zero-order valence-corrected chi connectivity index (χ0v) is 7.71. The highest BCUT2D eigenvalue weighted by Crippen LogP contribution is 2.38. The predicted octanol–water partition coefficient (Wildman–Crippen LogP) is 2.27. The van der Waals surface area contributed by atoms with Gasteiger partial charge in [-0.05, 0) is 45.6 Å². The summed E-state index contributed by atoms with van der Waals surface area (Å²) in [5.74, 6) is 1.07. The Labute approximate surface area is 69.8 Å². The highest BCUT2D eigenvalue weighted by molar-refractivity contribution is 4.92. The molecule has 1 heterocycles. The lowest BCUT2D eigenvalue weighted by molar-refractivity contribution is 0.194. The van der Waals surface area contributed by atoms with Gasteiger partial charge in [0.05, 0.1) is 0 Å². The van der Waals surface area contributed by atoms with E-state index in [0.29, 0.717) is 0 Å². The van der Waals surface area contributed by atoms with Crippen LogP contribution in [0.15, 0.2) is 0 Å². The molecule has 0 radical (unpaired) electrons. The second-order valence-corrected chi connectivity index (χ2v) is 4.38. The third-order valence-corrected chi connectivity index (χ3v) is 3.47. The van der Waals surface area contributed by atoms with Crippen LogP contribution >= 0.6 is 0 Å². The SMILES string of the molecule is CC(C)N1CCC2CCCC21. The summed E-state index contributed by atoms with van der Waals surface area (Å²) in [6.45, 7) is 6.04. The van der Waals surface area contributed by atoms with Crippen LogP contribution in [0.1, 0.15) is 39.5 Å². The van der Waals surface area contributed by atoms with Gasteiger partial charge in [0.1, 0.15) is 0 Å². The molecule has 2 aliphatic rings. The van der Waals surface area contributed by atoms with Crippen molar-refractivity contribution in [2.75, 3.05) is 6.54 Å². The summed E-state index contributed by atoms with van der Waals surface area (Å²) in [5.41, 5.74) is 0. The Morgan fingerprint density at radius 3 is 2.73 bits per heavy atom. The Bertz CT molecular complexity index is 142. The van der Waals surface area contributed by atoms with Gasteiger partial charge in [0.2, 0.25) is 0 Å². The smallest absolute Gasteiger partial charge is 0.0127 e. The molecule has 0 aromatic heterocycles. The zero-order valence-electron chi connectivity index (χ0n) is 7.71. The Morgan fingerprint density at radius 1 is 1.18 bits per heavy atom. The first-order valence-corrected chi connectivity index (χ1v) is 5.05. The summed E-state index contributed by atoms with van der Waals surface area (Å²) >= 11 is 0. The molecule has 2 rings (SSSR count). The van der Waals surface area contributed by atoms with Gasteiger partial charge in [0, 0.05) is 12.1 Å². The van der Waals surface area contributed by atoms with E-state index in [0.717, 1.165) is 18.0 Å². The van der Waals surface area contributed by atoms with Gasteiger partial charge in [0.15, 0.2) is 0 Å². The summed E-state index contributed by atoms with van der Waals surface area (Å²) in [6, 6.07) is 1.75. The fourth-order valence-electron chi connectivity index (χ4n) is 2.91. The van der Waals surface area contributed by atoms with E-state index < -0.39 is 0 Å². The Balaban J connectivity index is 2.03. The molecule has 2 unspecified atom stereocenters. The van der Waals surface area contributed by atoms with E-state index >= 15 is 0 Å². The van der Waals surface area contributed by atoms with Crippen molar-refractivity contribution in [2.24, 2.45) is 5.92 Å². The van der Waals surface area contributed by atoms with E-state index in [2.05, 4.69) is 18.7 Å². The van der Waals surface area contributed by atoms with Crippen LogP contribution in [0.25, 0.3) is 0 Å². The highest BCUT2D eigenvalue weighted by Gasteiger charge is 2.37. The molecule has 0 amide bonds. The number of hydrogen-bond donors (Lipinski definition) is 0. The van der Waals surface area contributed by atoms with Crippen LogP contribution in [0.5, 0.6) is 0 Å². The zero-order chi connectivity index (χ0) is 7.84. The van der Waals surface area contributed by atoms with Crippen molar-refractivity contribution in [3.63, 3.8) is 0 Å². The summed E-state index contributed by atoms with van der Waals surface area (Å²) in [5, 5.41) is 0. The summed E-state index contributed by atoms with van der Waals surface area (Å²) < 4.78 is 0. The van der Waals surface area contributed by atoms with Crippen LogP contribution in [-0.2, 0) is 0 Å². The molecule has 0 aromatic carbocycles. The third-order valence-electron chi connectivity index (χ3n) is 3.47. The number of likely N-dealkylation sites (tertiary alicyclic amines) is 1. The first kappa shape index (κ1) is 7.60. The van der Waals surface area contributed by atoms with E-state index in [1.165, 1.54) is 32.2 Å². The molecule has 0 spiro atoms. The van der Waals surface area contributed by atoms with Crippen molar-refractivity contribution < 1.29 is 0 Å². The maximum absolute atomic E-state index is 2.71. The Morgan fingerprint density at radius 2 is 2.00 bits per heavy atom. The van der Waals surface area contributed by atoms with Crippen molar-refractivity contribution in [3.05, 3.63) is 0 Å². The minimum atomic E-state index is 0.781. The van der Waals surface area contributed by atoms with Crippen LogP contribution < -0.4 is 0 Å². The molecule has 0 bridgehead atoms. The molecule has 0 N–H and O–H groups in total. The predicted molar refractivity (Wildman–Crippen MR) is 47.6 cm³/mol. The lowest BCUT2D eigenvalue weighted by Crippen LogP contribution is -2.35. The van der Waals surface area contributed by atoms with Gasteiger partial charge in [0.25, 0.3) is 0 Å². The number of rotatable bonds is 1. The van der Waals surface area contributed by atoms with E-state index in [-0.39, 0.29) is 0 Å². The van der Waals surface area contributed by atoms with Crippen LogP contribution in [0, 0.1) is 5.92 Å². The van der Waals surface area contributed by atoms with E-state index in [4.69, 9.17) is 0 Å². The normalized spacial score (nSPS) is 38.5. The molecule has 1 saturated carbocycles. The van der Waals surface area contributed by atoms with Gasteiger partial charge >= 0.3 is 0 Å². The standard InChI is InChI=1S/C10H19N/c1-8(2)11-7-6-9-4-3-5-10(9)11/h8-10H,3-7H2,1-2H3. The number of nitrogens with zero attached hydrogens (tertiary/aromatic N) is 1. The summed E-state index contributed by atoms with van der Waals surface area (Å²) in [4.78, 5) is 2.71. The maximum Gasteiger partial charge on any atom is 0.0127 e. The van der Waals surface area contributed by atoms with Crippen LogP contribution in [-0.4, -0.2) is 23.5 Å². The Kier molecular flexibility index (Phi) is 1.92. The van der Waals surface area contributed by atoms with Crippen LogP contribution in [0.3, 0.4) is 0 Å². The van der Waals surface area contributed by atoms with E-state index in [1.54, 1.807) is 0 Å². The van der Waals surface area contributed by atoms with Crippen molar-refractivity contribution >= 4 is 0 Å². The van der Waals surface area contributed by atoms with Crippen LogP contribution in [0.2, 0.25) is 0 Å². The van der Waals surface area contributed by atoms with Crippen molar-refractivity contribution in [1.82, 2.24) is 4.90 Å². The lowest BCUT2D eigenvalue weighted by Gasteiger charge is -2.27. The molecule has 11 heavy (non-hydrogen) atoms. The minimum Gasteiger partial charge on any atom is -0.298 e. The van der Waals surface area contributed by atoms with Crippen LogP contribution in [0.4, 0.5) is 0 Å². The highest BCUT2D eigenvalue weighted by atomic mass is 15.2. The fourth-order valence-corrected chi connectivity index (χ4v) is 2.91. The molecule has 1 saturated heterocycles. The molecule has 2 fully saturated rings. The molecule has 1 aliphatic carbocycles. The maximum atomic E-state index is 2.71. The molecule has 1 aliphatic heterocycles. The van der Waals surface area contributed by atoms with Gasteiger partial charge < -0.3 is 0 Å². The van der Waals surface area contributed by atoms with Crippen molar-refractivity contribution in [2.45, 2.75) is 51.6 Å². The average molecular weight is 153 g/mol. The largest absolute Gasteiger partial charge is 0.298 e. The first-order chi connectivity index (χ1) is 5.29. The quantitative estimate of drug-likeness (QED) is 0.558. The molecular weight excluding hydrogens is 134 g/mol. The van der Waals surface area contributed by atoms with Gasteiger partial charge in [-0.3, -0.25) is 4.90 Å². The molecule has 1 nitrogen and oxygen atoms in total. The van der Waals surface area contributed by atoms with Gasteiger partial charge in [-0.25, -0.2) is 0 Å². The second-order valence-electron chi connectivity index (χ2n) is 4.38. The lowest BCUT2D eigenvalue weighted by atomic mass is 10.0. The molecule has 0 aromatic rings. The van der Waals surface area contributed by atoms with Crippen molar-refractivity contribution in [1.29, 1.82) is 0 Å². The fraction of sp³-hybridized carbons (Fsp3) is 1.00. The average Bonchev–Trinajstić information content (AvgIpc) is 2.41. The summed E-state index contributed by atoms with van der Waals surface area (Å²) in [7, 11) is 0. The van der Waals surface area contributed by atoms with E-state index in [9.17, 15) is 0 Å². The first-order valence-electron chi connectivity index (χ1n) is 5.05. The molecule has 64 valence electrons. The van der Waals surface area contributed by atoms with Gasteiger partial charge in [-0.1, -0.05) is 6.42 Å². The summed E-state index contributed by atoms with van der Waals surface area (Å²) in [6.07, 6.45) is 5.94. The van der Waals surface area contributed by atoms with Gasteiger partial charge in [-0.2, -0.15) is 0 Å². The topological polar surface area (TPSA) is 3.24 Å². The number of fused-ring (bicyclic) bond motifs is 1. The minimum absolute atomic E-state index is 0.781. The monoisotopic (exact) mass is 153 g/mol.